The number of halogens is 1. The number of piperazine rings is 1. The normalized spacial score (nSPS) is 25.2. The number of hydrogen-bond acceptors (Lipinski definition) is 3. The van der Waals surface area contributed by atoms with Gasteiger partial charge in [-0.25, -0.2) is 0 Å². The van der Waals surface area contributed by atoms with Crippen LogP contribution in [-0.2, 0) is 0 Å². The molecule has 1 heterocycles. The molecule has 0 amide bonds. The highest BCUT2D eigenvalue weighted by atomic mass is 79.9. The van der Waals surface area contributed by atoms with E-state index in [-0.39, 0.29) is 6.04 Å². The summed E-state index contributed by atoms with van der Waals surface area (Å²) in [7, 11) is 2.19. The molecule has 0 aliphatic carbocycles. The van der Waals surface area contributed by atoms with Crippen molar-refractivity contribution in [3.63, 3.8) is 0 Å². The van der Waals surface area contributed by atoms with Crippen LogP contribution in [0.3, 0.4) is 0 Å². The second kappa shape index (κ2) is 6.35. The molecule has 2 N–H and O–H groups in total. The Kier molecular flexibility index (Phi) is 5.01. The second-order valence-electron chi connectivity index (χ2n) is 5.70. The van der Waals surface area contributed by atoms with E-state index in [1.807, 2.05) is 0 Å². The molecule has 3 unspecified atom stereocenters. The van der Waals surface area contributed by atoms with Crippen LogP contribution in [0.2, 0.25) is 0 Å². The molecule has 1 saturated heterocycles. The zero-order valence-corrected chi connectivity index (χ0v) is 13.6. The van der Waals surface area contributed by atoms with Crippen LogP contribution in [-0.4, -0.2) is 48.6 Å². The van der Waals surface area contributed by atoms with E-state index in [0.717, 1.165) is 24.1 Å². The Morgan fingerprint density at radius 1 is 1.26 bits per heavy atom. The molecular formula is C15H24BrN3. The minimum absolute atomic E-state index is 0.132. The molecule has 19 heavy (non-hydrogen) atoms. The van der Waals surface area contributed by atoms with Gasteiger partial charge in [-0.1, -0.05) is 28.1 Å². The lowest BCUT2D eigenvalue weighted by Gasteiger charge is -2.44. The van der Waals surface area contributed by atoms with Crippen molar-refractivity contribution in [2.24, 2.45) is 5.73 Å². The summed E-state index contributed by atoms with van der Waals surface area (Å²) in [6.07, 6.45) is 0. The van der Waals surface area contributed by atoms with Crippen molar-refractivity contribution in [2.45, 2.75) is 32.0 Å². The first kappa shape index (κ1) is 15.0. The van der Waals surface area contributed by atoms with Gasteiger partial charge in [-0.2, -0.15) is 0 Å². The van der Waals surface area contributed by atoms with Gasteiger partial charge in [0.2, 0.25) is 0 Å². The summed E-state index contributed by atoms with van der Waals surface area (Å²) in [5, 5.41) is 0. The highest BCUT2D eigenvalue weighted by Gasteiger charge is 2.31. The van der Waals surface area contributed by atoms with Gasteiger partial charge in [-0.15, -0.1) is 0 Å². The maximum absolute atomic E-state index is 6.27. The number of nitrogens with two attached hydrogens (primary N) is 1. The molecule has 3 nitrogen and oxygen atoms in total. The average Bonchev–Trinajstić information content (AvgIpc) is 2.34. The van der Waals surface area contributed by atoms with Gasteiger partial charge >= 0.3 is 0 Å². The Hall–Kier alpha value is -0.420. The van der Waals surface area contributed by atoms with Gasteiger partial charge in [-0.05, 0) is 38.6 Å². The molecule has 1 aromatic rings. The first-order valence-electron chi connectivity index (χ1n) is 6.94. The van der Waals surface area contributed by atoms with Crippen LogP contribution in [0.5, 0.6) is 0 Å². The molecule has 0 saturated carbocycles. The van der Waals surface area contributed by atoms with Crippen molar-refractivity contribution in [1.82, 2.24) is 9.80 Å². The van der Waals surface area contributed by atoms with Gasteiger partial charge in [0, 0.05) is 42.2 Å². The third kappa shape index (κ3) is 3.57. The molecule has 1 aliphatic rings. The first-order chi connectivity index (χ1) is 8.99. The number of benzene rings is 1. The molecule has 0 aromatic heterocycles. The molecule has 1 aromatic carbocycles. The van der Waals surface area contributed by atoms with E-state index >= 15 is 0 Å². The van der Waals surface area contributed by atoms with Crippen molar-refractivity contribution in [3.05, 3.63) is 34.3 Å². The topological polar surface area (TPSA) is 32.5 Å². The zero-order chi connectivity index (χ0) is 14.0. The van der Waals surface area contributed by atoms with E-state index in [0.29, 0.717) is 12.1 Å². The van der Waals surface area contributed by atoms with E-state index in [9.17, 15) is 0 Å². The Labute approximate surface area is 124 Å². The van der Waals surface area contributed by atoms with E-state index in [1.54, 1.807) is 0 Å². The zero-order valence-electron chi connectivity index (χ0n) is 12.0. The Morgan fingerprint density at radius 2 is 1.89 bits per heavy atom. The predicted molar refractivity (Wildman–Crippen MR) is 84.2 cm³/mol. The molecule has 0 bridgehead atoms. The first-order valence-corrected chi connectivity index (χ1v) is 7.73. The van der Waals surface area contributed by atoms with E-state index < -0.39 is 0 Å². The molecule has 4 heteroatoms. The molecule has 0 spiro atoms. The predicted octanol–water partition coefficient (Wildman–Crippen LogP) is 2.47. The van der Waals surface area contributed by atoms with Gasteiger partial charge in [0.05, 0.1) is 0 Å². The molecule has 106 valence electrons. The highest BCUT2D eigenvalue weighted by molar-refractivity contribution is 9.10. The van der Waals surface area contributed by atoms with Crippen LogP contribution in [0, 0.1) is 0 Å². The lowest BCUT2D eigenvalue weighted by atomic mass is 9.96. The Bertz CT molecular complexity index is 404. The lowest BCUT2D eigenvalue weighted by molar-refractivity contribution is 0.0521. The maximum atomic E-state index is 6.27. The van der Waals surface area contributed by atoms with Crippen LogP contribution in [0.1, 0.15) is 25.5 Å². The Morgan fingerprint density at radius 3 is 2.42 bits per heavy atom. The fourth-order valence-electron chi connectivity index (χ4n) is 3.02. The van der Waals surface area contributed by atoms with Gasteiger partial charge in [0.1, 0.15) is 0 Å². The summed E-state index contributed by atoms with van der Waals surface area (Å²) >= 11 is 3.50. The van der Waals surface area contributed by atoms with Crippen molar-refractivity contribution in [1.29, 1.82) is 0 Å². The standard InChI is InChI=1S/C15H24BrN3/c1-11-10-18(3)8-9-19(11)15(12(2)17)13-4-6-14(16)7-5-13/h4-7,11-12,15H,8-10,17H2,1-3H3. The number of likely N-dealkylation sites (N-methyl/N-ethyl adjacent to an activating group) is 1. The largest absolute Gasteiger partial charge is 0.326 e. The smallest absolute Gasteiger partial charge is 0.0500 e. The summed E-state index contributed by atoms with van der Waals surface area (Å²) in [5.74, 6) is 0. The van der Waals surface area contributed by atoms with Crippen LogP contribution in [0.25, 0.3) is 0 Å². The third-order valence-corrected chi connectivity index (χ3v) is 4.48. The monoisotopic (exact) mass is 325 g/mol. The van der Waals surface area contributed by atoms with Crippen molar-refractivity contribution >= 4 is 15.9 Å². The molecule has 1 fully saturated rings. The highest BCUT2D eigenvalue weighted by Crippen LogP contribution is 2.28. The SMILES string of the molecule is CC(N)C(c1ccc(Br)cc1)N1CCN(C)CC1C. The van der Waals surface area contributed by atoms with Crippen molar-refractivity contribution in [3.8, 4) is 0 Å². The molecule has 2 rings (SSSR count). The van der Waals surface area contributed by atoms with Crippen molar-refractivity contribution in [2.75, 3.05) is 26.7 Å². The van der Waals surface area contributed by atoms with Gasteiger partial charge in [0.15, 0.2) is 0 Å². The molecule has 3 atom stereocenters. The summed E-state index contributed by atoms with van der Waals surface area (Å²) < 4.78 is 1.12. The van der Waals surface area contributed by atoms with Gasteiger partial charge < -0.3 is 10.6 Å². The van der Waals surface area contributed by atoms with Crippen LogP contribution >= 0.6 is 15.9 Å². The number of nitrogens with zero attached hydrogens (tertiary/aromatic N) is 2. The molecular weight excluding hydrogens is 302 g/mol. The maximum Gasteiger partial charge on any atom is 0.0500 e. The van der Waals surface area contributed by atoms with Crippen LogP contribution < -0.4 is 5.73 Å². The average molecular weight is 326 g/mol. The third-order valence-electron chi connectivity index (χ3n) is 3.95. The summed E-state index contributed by atoms with van der Waals surface area (Å²) in [6.45, 7) is 7.71. The van der Waals surface area contributed by atoms with E-state index in [1.165, 1.54) is 5.56 Å². The summed E-state index contributed by atoms with van der Waals surface area (Å²) in [5.41, 5.74) is 7.58. The minimum Gasteiger partial charge on any atom is -0.326 e. The van der Waals surface area contributed by atoms with Gasteiger partial charge in [-0.3, -0.25) is 4.90 Å². The fraction of sp³-hybridized carbons (Fsp3) is 0.600. The van der Waals surface area contributed by atoms with E-state index in [4.69, 9.17) is 5.73 Å². The Balaban J connectivity index is 2.22. The number of hydrogen-bond donors (Lipinski definition) is 1. The van der Waals surface area contributed by atoms with Gasteiger partial charge in [0.25, 0.3) is 0 Å². The number of rotatable bonds is 3. The second-order valence-corrected chi connectivity index (χ2v) is 6.62. The molecule has 1 aliphatic heterocycles. The molecule has 0 radical (unpaired) electrons. The lowest BCUT2D eigenvalue weighted by Crippen LogP contribution is -2.54. The fourth-order valence-corrected chi connectivity index (χ4v) is 3.29. The van der Waals surface area contributed by atoms with Crippen LogP contribution in [0.15, 0.2) is 28.7 Å². The van der Waals surface area contributed by atoms with E-state index in [2.05, 4.69) is 70.9 Å². The van der Waals surface area contributed by atoms with Crippen molar-refractivity contribution < 1.29 is 0 Å². The summed E-state index contributed by atoms with van der Waals surface area (Å²) in [6, 6.07) is 9.55. The minimum atomic E-state index is 0.132. The quantitative estimate of drug-likeness (QED) is 0.926. The van der Waals surface area contributed by atoms with Crippen LogP contribution in [0.4, 0.5) is 0 Å². The summed E-state index contributed by atoms with van der Waals surface area (Å²) in [4.78, 5) is 4.94.